The number of carbonyl (C=O) groups is 2. The molecule has 0 saturated carbocycles. The first-order chi connectivity index (χ1) is 15.2. The van der Waals surface area contributed by atoms with Gasteiger partial charge in [0.25, 0.3) is 0 Å². The fraction of sp³-hybridized carbons (Fsp3) is 0.320. The van der Waals surface area contributed by atoms with E-state index in [2.05, 4.69) is 59.1 Å². The highest BCUT2D eigenvalue weighted by Crippen LogP contribution is 2.24. The number of carbonyl (C=O) groups excluding carboxylic acids is 2. The highest BCUT2D eigenvalue weighted by atomic mass is 79.9. The Balaban J connectivity index is 1.80. The number of nitrogens with zero attached hydrogens (tertiary/aromatic N) is 3. The van der Waals surface area contributed by atoms with Crippen LogP contribution in [-0.4, -0.2) is 35.5 Å². The third kappa shape index (κ3) is 5.65. The lowest BCUT2D eigenvalue weighted by molar-refractivity contribution is -0.135. The highest BCUT2D eigenvalue weighted by molar-refractivity contribution is 9.10. The second-order valence-electron chi connectivity index (χ2n) is 8.10. The Morgan fingerprint density at radius 2 is 1.72 bits per heavy atom. The molecule has 32 heavy (non-hydrogen) atoms. The number of hydrogen-bond donors (Lipinski definition) is 0. The first-order valence-corrected chi connectivity index (χ1v) is 11.3. The molecule has 6 nitrogen and oxygen atoms in total. The Morgan fingerprint density at radius 3 is 2.25 bits per heavy atom. The van der Waals surface area contributed by atoms with E-state index < -0.39 is 6.23 Å². The van der Waals surface area contributed by atoms with Crippen molar-refractivity contribution in [3.63, 3.8) is 0 Å². The van der Waals surface area contributed by atoms with Gasteiger partial charge in [0, 0.05) is 29.6 Å². The van der Waals surface area contributed by atoms with Gasteiger partial charge in [0.2, 0.25) is 23.9 Å². The lowest BCUT2D eigenvalue weighted by atomic mass is 10.0. The van der Waals surface area contributed by atoms with Crippen LogP contribution in [0.15, 0.2) is 63.7 Å². The Bertz CT molecular complexity index is 1040. The number of halogens is 1. The third-order valence-corrected chi connectivity index (χ3v) is 5.75. The fourth-order valence-corrected chi connectivity index (χ4v) is 3.67. The maximum Gasteiger partial charge on any atom is 0.243 e. The molecule has 0 radical (unpaired) electrons. The van der Waals surface area contributed by atoms with Crippen LogP contribution in [0.2, 0.25) is 0 Å². The normalized spacial score (nSPS) is 16.1. The van der Waals surface area contributed by atoms with Crippen molar-refractivity contribution in [1.29, 1.82) is 0 Å². The minimum absolute atomic E-state index is 0.148. The van der Waals surface area contributed by atoms with Crippen molar-refractivity contribution in [2.75, 3.05) is 11.4 Å². The highest BCUT2D eigenvalue weighted by Gasteiger charge is 2.34. The molecule has 0 bridgehead atoms. The molecule has 0 saturated heterocycles. The van der Waals surface area contributed by atoms with Gasteiger partial charge in [0.15, 0.2) is 0 Å². The number of rotatable bonds is 6. The molecule has 2 aromatic carbocycles. The average Bonchev–Trinajstić information content (AvgIpc) is 3.17. The molecular formula is C25H28BrN3O3. The van der Waals surface area contributed by atoms with Crippen molar-refractivity contribution in [2.24, 2.45) is 5.10 Å². The minimum atomic E-state index is -0.707. The maximum absolute atomic E-state index is 12.3. The molecule has 0 fully saturated rings. The molecule has 1 atom stereocenters. The summed E-state index contributed by atoms with van der Waals surface area (Å²) in [5.41, 5.74) is 3.82. The van der Waals surface area contributed by atoms with E-state index in [1.807, 2.05) is 37.3 Å². The van der Waals surface area contributed by atoms with Crippen LogP contribution >= 0.6 is 15.9 Å². The Morgan fingerprint density at radius 1 is 1.09 bits per heavy atom. The molecule has 2 aromatic rings. The van der Waals surface area contributed by atoms with E-state index in [0.29, 0.717) is 11.8 Å². The lowest BCUT2D eigenvalue weighted by Gasteiger charge is -2.27. The predicted octanol–water partition coefficient (Wildman–Crippen LogP) is 5.55. The summed E-state index contributed by atoms with van der Waals surface area (Å²) < 4.78 is 6.96. The van der Waals surface area contributed by atoms with Crippen molar-refractivity contribution in [1.82, 2.24) is 5.01 Å². The number of benzene rings is 2. The number of ether oxygens (including phenoxy) is 1. The summed E-state index contributed by atoms with van der Waals surface area (Å²) in [6.07, 6.45) is 1.27. The van der Waals surface area contributed by atoms with Crippen molar-refractivity contribution in [2.45, 2.75) is 46.8 Å². The molecule has 2 amide bonds. The Hall–Kier alpha value is -2.93. The smallest absolute Gasteiger partial charge is 0.243 e. The van der Waals surface area contributed by atoms with Crippen molar-refractivity contribution in [3.8, 4) is 0 Å². The van der Waals surface area contributed by atoms with Gasteiger partial charge in [-0.3, -0.25) is 9.59 Å². The zero-order valence-electron chi connectivity index (χ0n) is 19.0. The topological polar surface area (TPSA) is 62.2 Å². The predicted molar refractivity (Wildman–Crippen MR) is 131 cm³/mol. The van der Waals surface area contributed by atoms with Gasteiger partial charge >= 0.3 is 0 Å². The molecule has 0 aliphatic carbocycles. The van der Waals surface area contributed by atoms with Crippen LogP contribution < -0.4 is 4.90 Å². The summed E-state index contributed by atoms with van der Waals surface area (Å²) in [6.45, 7) is 9.30. The van der Waals surface area contributed by atoms with Gasteiger partial charge in [-0.2, -0.15) is 5.01 Å². The SMILES string of the molecule is CC(=O)N(C[C@H]1OC(/C(C)=C\c2ccc(C(C)C)cc2)=NN1C(C)=O)c1ccc(Br)cc1. The molecule has 0 unspecified atom stereocenters. The van der Waals surface area contributed by atoms with E-state index >= 15 is 0 Å². The maximum atomic E-state index is 12.3. The van der Waals surface area contributed by atoms with Gasteiger partial charge < -0.3 is 9.64 Å². The molecule has 1 heterocycles. The van der Waals surface area contributed by atoms with E-state index in [9.17, 15) is 9.59 Å². The molecule has 7 heteroatoms. The molecule has 0 N–H and O–H groups in total. The number of amides is 2. The zero-order chi connectivity index (χ0) is 23.4. The van der Waals surface area contributed by atoms with Crippen LogP contribution in [0.3, 0.4) is 0 Å². The second kappa shape index (κ2) is 10.1. The summed E-state index contributed by atoms with van der Waals surface area (Å²) >= 11 is 3.40. The van der Waals surface area contributed by atoms with E-state index in [4.69, 9.17) is 4.74 Å². The quantitative estimate of drug-likeness (QED) is 0.525. The largest absolute Gasteiger partial charge is 0.448 e. The minimum Gasteiger partial charge on any atom is -0.448 e. The summed E-state index contributed by atoms with van der Waals surface area (Å²) in [7, 11) is 0. The van der Waals surface area contributed by atoms with Crippen molar-refractivity contribution < 1.29 is 14.3 Å². The molecule has 1 aliphatic rings. The average molecular weight is 498 g/mol. The molecule has 1 aliphatic heterocycles. The molecule has 0 spiro atoms. The summed E-state index contributed by atoms with van der Waals surface area (Å²) in [5, 5.41) is 5.69. The monoisotopic (exact) mass is 497 g/mol. The Kier molecular flexibility index (Phi) is 7.51. The molecule has 3 rings (SSSR count). The summed E-state index contributed by atoms with van der Waals surface area (Å²) in [5.74, 6) is 0.442. The third-order valence-electron chi connectivity index (χ3n) is 5.22. The van der Waals surface area contributed by atoms with Gasteiger partial charge in [-0.1, -0.05) is 54.0 Å². The number of hydrogen-bond acceptors (Lipinski definition) is 4. The van der Waals surface area contributed by atoms with Crippen molar-refractivity contribution >= 4 is 45.4 Å². The molecule has 168 valence electrons. The van der Waals surface area contributed by atoms with Gasteiger partial charge in [-0.15, -0.1) is 5.10 Å². The van der Waals surface area contributed by atoms with Gasteiger partial charge in [0.05, 0.1) is 6.54 Å². The summed E-state index contributed by atoms with van der Waals surface area (Å²) in [4.78, 5) is 26.1. The van der Waals surface area contributed by atoms with Crippen LogP contribution in [0.25, 0.3) is 6.08 Å². The second-order valence-corrected chi connectivity index (χ2v) is 9.01. The number of hydrazone groups is 1. The first-order valence-electron chi connectivity index (χ1n) is 10.5. The van der Waals surface area contributed by atoms with Gasteiger partial charge in [0.1, 0.15) is 0 Å². The zero-order valence-corrected chi connectivity index (χ0v) is 20.6. The van der Waals surface area contributed by atoms with Crippen LogP contribution in [0.5, 0.6) is 0 Å². The van der Waals surface area contributed by atoms with E-state index in [0.717, 1.165) is 21.3 Å². The van der Waals surface area contributed by atoms with Crippen LogP contribution in [-0.2, 0) is 14.3 Å². The van der Waals surface area contributed by atoms with Gasteiger partial charge in [-0.05, 0) is 54.3 Å². The van der Waals surface area contributed by atoms with Crippen LogP contribution in [0.1, 0.15) is 51.7 Å². The standard InChI is InChI=1S/C25H28BrN3O3/c1-16(2)21-8-6-20(7-9-21)14-17(3)25-27-29(19(5)31)24(32-25)15-28(18(4)30)23-12-10-22(26)11-13-23/h6-14,16,24H,15H2,1-5H3/b17-14-/t24-/m1/s1. The Labute approximate surface area is 197 Å². The van der Waals surface area contributed by atoms with E-state index in [-0.39, 0.29) is 18.4 Å². The lowest BCUT2D eigenvalue weighted by Crippen LogP contribution is -2.44. The van der Waals surface area contributed by atoms with E-state index in [1.165, 1.54) is 24.4 Å². The molecular weight excluding hydrogens is 470 g/mol. The fourth-order valence-electron chi connectivity index (χ4n) is 3.41. The van der Waals surface area contributed by atoms with Crippen LogP contribution in [0.4, 0.5) is 5.69 Å². The van der Waals surface area contributed by atoms with Crippen molar-refractivity contribution in [3.05, 3.63) is 69.7 Å². The van der Waals surface area contributed by atoms with Gasteiger partial charge in [-0.25, -0.2) is 0 Å². The summed E-state index contributed by atoms with van der Waals surface area (Å²) in [6, 6.07) is 15.7. The van der Waals surface area contributed by atoms with Crippen LogP contribution in [0, 0.1) is 0 Å². The van der Waals surface area contributed by atoms with E-state index in [1.54, 1.807) is 4.90 Å². The number of anilines is 1. The first kappa shape index (κ1) is 23.7. The molecule has 0 aromatic heterocycles.